The maximum atomic E-state index is 11.6. The van der Waals surface area contributed by atoms with Crippen LogP contribution in [0.4, 0.5) is 5.00 Å². The van der Waals surface area contributed by atoms with E-state index in [1.54, 1.807) is 0 Å². The average molecular weight is 212 g/mol. The van der Waals surface area contributed by atoms with Crippen LogP contribution in [0.2, 0.25) is 0 Å². The lowest BCUT2D eigenvalue weighted by Crippen LogP contribution is -1.98. The van der Waals surface area contributed by atoms with Crippen LogP contribution < -0.4 is 5.73 Å². The molecule has 0 amide bonds. The number of rotatable bonds is 5. The van der Waals surface area contributed by atoms with E-state index in [0.29, 0.717) is 16.4 Å². The monoisotopic (exact) mass is 212 g/mol. The Labute approximate surface area is 88.3 Å². The number of nitrogen functional groups attached to an aromatic ring is 1. The Kier molecular flexibility index (Phi) is 4.07. The lowest BCUT2D eigenvalue weighted by atomic mass is 10.2. The minimum absolute atomic E-state index is 0.128. The lowest BCUT2D eigenvalue weighted by Gasteiger charge is -1.93. The predicted octanol–water partition coefficient (Wildman–Crippen LogP) is 2.66. The van der Waals surface area contributed by atoms with Gasteiger partial charge in [-0.3, -0.25) is 4.79 Å². The highest BCUT2D eigenvalue weighted by Crippen LogP contribution is 2.22. The van der Waals surface area contributed by atoms with Crippen molar-refractivity contribution in [2.75, 3.05) is 5.73 Å². The van der Waals surface area contributed by atoms with Crippen LogP contribution in [0, 0.1) is 0 Å². The molecule has 0 saturated carbocycles. The molecule has 1 aromatic rings. The van der Waals surface area contributed by atoms with E-state index in [0.717, 1.165) is 25.0 Å². The van der Waals surface area contributed by atoms with Crippen LogP contribution in [0.15, 0.2) is 0 Å². The lowest BCUT2D eigenvalue weighted by molar-refractivity contribution is 0.0979. The van der Waals surface area contributed by atoms with Gasteiger partial charge in [0.15, 0.2) is 10.8 Å². The van der Waals surface area contributed by atoms with Crippen LogP contribution in [0.1, 0.15) is 48.6 Å². The van der Waals surface area contributed by atoms with Crippen LogP contribution >= 0.6 is 11.3 Å². The second-order valence-corrected chi connectivity index (χ2v) is 4.24. The molecule has 14 heavy (non-hydrogen) atoms. The molecule has 0 unspecified atom stereocenters. The number of hydrogen-bond donors (Lipinski definition) is 1. The molecule has 0 aliphatic rings. The van der Waals surface area contributed by atoms with Crippen molar-refractivity contribution in [3.8, 4) is 0 Å². The van der Waals surface area contributed by atoms with Crippen molar-refractivity contribution in [1.82, 2.24) is 4.98 Å². The van der Waals surface area contributed by atoms with Gasteiger partial charge in [0.25, 0.3) is 0 Å². The third-order valence-electron chi connectivity index (χ3n) is 2.06. The summed E-state index contributed by atoms with van der Waals surface area (Å²) >= 11 is 1.31. The van der Waals surface area contributed by atoms with Gasteiger partial charge < -0.3 is 5.73 Å². The smallest absolute Gasteiger partial charge is 0.191 e. The van der Waals surface area contributed by atoms with Crippen molar-refractivity contribution >= 4 is 22.1 Å². The van der Waals surface area contributed by atoms with Gasteiger partial charge in [0.05, 0.1) is 5.69 Å². The van der Waals surface area contributed by atoms with Crippen molar-refractivity contribution in [2.45, 2.75) is 39.5 Å². The molecule has 4 heteroatoms. The highest BCUT2D eigenvalue weighted by molar-refractivity contribution is 7.17. The van der Waals surface area contributed by atoms with Crippen LogP contribution in [0.25, 0.3) is 0 Å². The zero-order valence-electron chi connectivity index (χ0n) is 8.67. The van der Waals surface area contributed by atoms with E-state index in [2.05, 4.69) is 11.9 Å². The number of unbranched alkanes of at least 4 members (excludes halogenated alkanes) is 1. The quantitative estimate of drug-likeness (QED) is 0.763. The minimum atomic E-state index is 0.128. The number of hydrogen-bond acceptors (Lipinski definition) is 4. The summed E-state index contributed by atoms with van der Waals surface area (Å²) in [6, 6.07) is 0. The normalized spacial score (nSPS) is 10.4. The molecule has 0 saturated heterocycles. The average Bonchev–Trinajstić information content (AvgIpc) is 2.56. The fourth-order valence-corrected chi connectivity index (χ4v) is 2.07. The summed E-state index contributed by atoms with van der Waals surface area (Å²) in [6.45, 7) is 4.06. The molecule has 78 valence electrons. The second-order valence-electron chi connectivity index (χ2n) is 3.21. The molecule has 0 spiro atoms. The standard InChI is InChI=1S/C10H16N2OS/c1-3-5-6-8(13)10-12-7(4-2)9(11)14-10/h3-6,11H2,1-2H3. The topological polar surface area (TPSA) is 56.0 Å². The molecule has 0 aliphatic heterocycles. The number of aromatic nitrogens is 1. The van der Waals surface area contributed by atoms with E-state index in [1.165, 1.54) is 11.3 Å². The molecule has 2 N–H and O–H groups in total. The summed E-state index contributed by atoms with van der Waals surface area (Å²) in [6.07, 6.45) is 3.35. The summed E-state index contributed by atoms with van der Waals surface area (Å²) in [5.74, 6) is 0.128. The molecule has 0 fully saturated rings. The first kappa shape index (κ1) is 11.2. The van der Waals surface area contributed by atoms with Crippen molar-refractivity contribution < 1.29 is 4.79 Å². The maximum absolute atomic E-state index is 11.6. The first-order valence-corrected chi connectivity index (χ1v) is 5.79. The summed E-state index contributed by atoms with van der Waals surface area (Å²) in [7, 11) is 0. The first-order valence-electron chi connectivity index (χ1n) is 4.97. The van der Waals surface area contributed by atoms with Gasteiger partial charge in [-0.1, -0.05) is 31.6 Å². The molecule has 1 heterocycles. The van der Waals surface area contributed by atoms with E-state index in [4.69, 9.17) is 5.73 Å². The Morgan fingerprint density at radius 3 is 2.71 bits per heavy atom. The zero-order chi connectivity index (χ0) is 10.6. The largest absolute Gasteiger partial charge is 0.389 e. The van der Waals surface area contributed by atoms with Gasteiger partial charge in [-0.2, -0.15) is 0 Å². The van der Waals surface area contributed by atoms with Gasteiger partial charge in [0, 0.05) is 6.42 Å². The molecular formula is C10H16N2OS. The van der Waals surface area contributed by atoms with E-state index < -0.39 is 0 Å². The Bertz CT molecular complexity index is 320. The summed E-state index contributed by atoms with van der Waals surface area (Å²) in [5, 5.41) is 1.26. The van der Waals surface area contributed by atoms with Crippen LogP contribution in [-0.2, 0) is 6.42 Å². The molecule has 0 radical (unpaired) electrons. The number of thiazole rings is 1. The van der Waals surface area contributed by atoms with E-state index in [-0.39, 0.29) is 5.78 Å². The maximum Gasteiger partial charge on any atom is 0.191 e. The molecule has 0 aromatic carbocycles. The van der Waals surface area contributed by atoms with Gasteiger partial charge >= 0.3 is 0 Å². The van der Waals surface area contributed by atoms with Gasteiger partial charge in [-0.15, -0.1) is 0 Å². The van der Waals surface area contributed by atoms with Gasteiger partial charge in [0.1, 0.15) is 5.00 Å². The van der Waals surface area contributed by atoms with Crippen LogP contribution in [0.3, 0.4) is 0 Å². The van der Waals surface area contributed by atoms with Crippen molar-refractivity contribution in [3.05, 3.63) is 10.7 Å². The Balaban J connectivity index is 2.70. The summed E-state index contributed by atoms with van der Waals surface area (Å²) in [5.41, 5.74) is 6.58. The van der Waals surface area contributed by atoms with E-state index >= 15 is 0 Å². The Morgan fingerprint density at radius 1 is 1.50 bits per heavy atom. The van der Waals surface area contributed by atoms with Gasteiger partial charge in [-0.05, 0) is 12.8 Å². The van der Waals surface area contributed by atoms with Crippen molar-refractivity contribution in [2.24, 2.45) is 0 Å². The number of nitrogens with two attached hydrogens (primary N) is 1. The number of carbonyl (C=O) groups is 1. The number of nitrogens with zero attached hydrogens (tertiary/aromatic N) is 1. The first-order chi connectivity index (χ1) is 6.69. The third-order valence-corrected chi connectivity index (χ3v) is 3.03. The Morgan fingerprint density at radius 2 is 2.21 bits per heavy atom. The zero-order valence-corrected chi connectivity index (χ0v) is 9.49. The highest BCUT2D eigenvalue weighted by atomic mass is 32.1. The number of ketones is 1. The Hall–Kier alpha value is -0.900. The second kappa shape index (κ2) is 5.10. The van der Waals surface area contributed by atoms with Gasteiger partial charge in [0.2, 0.25) is 0 Å². The number of anilines is 1. The van der Waals surface area contributed by atoms with Gasteiger partial charge in [-0.25, -0.2) is 4.98 Å². The fourth-order valence-electron chi connectivity index (χ4n) is 1.18. The molecule has 0 aliphatic carbocycles. The van der Waals surface area contributed by atoms with Crippen LogP contribution in [-0.4, -0.2) is 10.8 Å². The highest BCUT2D eigenvalue weighted by Gasteiger charge is 2.13. The third kappa shape index (κ3) is 2.54. The number of aryl methyl sites for hydroxylation is 1. The molecule has 0 bridgehead atoms. The van der Waals surface area contributed by atoms with Crippen molar-refractivity contribution in [3.63, 3.8) is 0 Å². The summed E-state index contributed by atoms with van der Waals surface area (Å²) < 4.78 is 0. The van der Waals surface area contributed by atoms with E-state index in [9.17, 15) is 4.79 Å². The number of carbonyl (C=O) groups excluding carboxylic acids is 1. The molecule has 0 atom stereocenters. The van der Waals surface area contributed by atoms with Crippen LogP contribution in [0.5, 0.6) is 0 Å². The minimum Gasteiger partial charge on any atom is -0.389 e. The summed E-state index contributed by atoms with van der Waals surface area (Å²) in [4.78, 5) is 15.8. The molecular weight excluding hydrogens is 196 g/mol. The predicted molar refractivity (Wildman–Crippen MR) is 59.8 cm³/mol. The number of Topliss-reactive ketones (excluding diaryl/α,β-unsaturated/α-hetero) is 1. The molecule has 3 nitrogen and oxygen atoms in total. The van der Waals surface area contributed by atoms with Crippen molar-refractivity contribution in [1.29, 1.82) is 0 Å². The molecule has 1 rings (SSSR count). The SMILES string of the molecule is CCCCC(=O)c1nc(CC)c(N)s1. The molecule has 1 aromatic heterocycles. The fraction of sp³-hybridized carbons (Fsp3) is 0.600. The van der Waals surface area contributed by atoms with E-state index in [1.807, 2.05) is 6.92 Å².